The molecule has 0 heterocycles. The molecule has 1 amide bonds. The molecule has 4 N–H and O–H groups in total. The zero-order chi connectivity index (χ0) is 18.1. The van der Waals surface area contributed by atoms with Crippen LogP contribution in [0.25, 0.3) is 0 Å². The molecule has 0 saturated carbocycles. The normalized spacial score (nSPS) is 11.0. The van der Waals surface area contributed by atoms with Crippen LogP contribution in [0.3, 0.4) is 0 Å². The summed E-state index contributed by atoms with van der Waals surface area (Å²) in [6.45, 7) is 2.98. The van der Waals surface area contributed by atoms with Crippen molar-refractivity contribution in [1.29, 1.82) is 0 Å². The summed E-state index contributed by atoms with van der Waals surface area (Å²) >= 11 is 0. The minimum Gasteiger partial charge on any atom is -0.508 e. The summed E-state index contributed by atoms with van der Waals surface area (Å²) in [4.78, 5) is 16.3. The molecular weight excluding hydrogens is 323 g/mol. The number of phenolic OH excluding ortho intramolecular Hbond substituents is 1. The van der Waals surface area contributed by atoms with Crippen LogP contribution < -0.4 is 16.0 Å². The highest BCUT2D eigenvalue weighted by molar-refractivity contribution is 5.95. The van der Waals surface area contributed by atoms with Gasteiger partial charge in [-0.05, 0) is 48.9 Å². The van der Waals surface area contributed by atoms with Gasteiger partial charge in [0.1, 0.15) is 11.6 Å². The molecule has 0 radical (unpaired) electrons. The number of carbonyl (C=O) groups is 1. The number of amides is 1. The van der Waals surface area contributed by atoms with Gasteiger partial charge in [0.2, 0.25) is 5.91 Å². The molecule has 0 aliphatic rings. The number of aromatic hydroxyl groups is 1. The molecule has 132 valence electrons. The van der Waals surface area contributed by atoms with Crippen LogP contribution in [-0.4, -0.2) is 30.1 Å². The predicted molar refractivity (Wildman–Crippen MR) is 96.0 cm³/mol. The lowest BCUT2D eigenvalue weighted by Gasteiger charge is -2.11. The number of benzene rings is 2. The Kier molecular flexibility index (Phi) is 6.76. The largest absolute Gasteiger partial charge is 0.508 e. The first-order chi connectivity index (χ1) is 12.1. The van der Waals surface area contributed by atoms with Crippen LogP contribution in [0.15, 0.2) is 53.5 Å². The summed E-state index contributed by atoms with van der Waals surface area (Å²) in [5, 5.41) is 17.9. The van der Waals surface area contributed by atoms with E-state index in [-0.39, 0.29) is 24.0 Å². The van der Waals surface area contributed by atoms with Gasteiger partial charge in [-0.15, -0.1) is 0 Å². The van der Waals surface area contributed by atoms with Crippen LogP contribution >= 0.6 is 0 Å². The Morgan fingerprint density at radius 3 is 2.40 bits per heavy atom. The van der Waals surface area contributed by atoms with Crippen molar-refractivity contribution in [2.45, 2.75) is 13.5 Å². The highest BCUT2D eigenvalue weighted by atomic mass is 19.1. The second-order valence-electron chi connectivity index (χ2n) is 5.27. The number of anilines is 1. The van der Waals surface area contributed by atoms with Crippen molar-refractivity contribution < 1.29 is 14.3 Å². The minimum atomic E-state index is -0.288. The highest BCUT2D eigenvalue weighted by Gasteiger charge is 2.04. The van der Waals surface area contributed by atoms with Crippen molar-refractivity contribution in [2.75, 3.05) is 18.4 Å². The van der Waals surface area contributed by atoms with E-state index in [0.29, 0.717) is 24.7 Å². The fraction of sp³-hybridized carbons (Fsp3) is 0.222. The van der Waals surface area contributed by atoms with Gasteiger partial charge in [0, 0.05) is 12.2 Å². The standard InChI is InChI=1S/C18H21FN4O2/c1-2-20-18(21-11-13-3-5-14(19)6-4-13)22-12-17(25)23-15-7-9-16(24)10-8-15/h3-10,24H,2,11-12H2,1H3,(H,23,25)(H2,20,21,22). The fourth-order valence-corrected chi connectivity index (χ4v) is 2.02. The van der Waals surface area contributed by atoms with E-state index in [1.54, 1.807) is 24.3 Å². The van der Waals surface area contributed by atoms with Crippen LogP contribution in [0.4, 0.5) is 10.1 Å². The lowest BCUT2D eigenvalue weighted by molar-refractivity contribution is -0.115. The Hall–Kier alpha value is -3.09. The van der Waals surface area contributed by atoms with Gasteiger partial charge in [0.15, 0.2) is 5.96 Å². The van der Waals surface area contributed by atoms with Crippen molar-refractivity contribution in [3.63, 3.8) is 0 Å². The smallest absolute Gasteiger partial charge is 0.243 e. The van der Waals surface area contributed by atoms with Gasteiger partial charge in [-0.1, -0.05) is 12.1 Å². The van der Waals surface area contributed by atoms with Gasteiger partial charge in [-0.25, -0.2) is 9.38 Å². The molecule has 0 fully saturated rings. The molecule has 0 aliphatic heterocycles. The molecule has 0 spiro atoms. The Morgan fingerprint density at radius 2 is 1.76 bits per heavy atom. The summed E-state index contributed by atoms with van der Waals surface area (Å²) in [7, 11) is 0. The van der Waals surface area contributed by atoms with E-state index in [1.807, 2.05) is 6.92 Å². The number of halogens is 1. The Balaban J connectivity index is 1.87. The van der Waals surface area contributed by atoms with Crippen LogP contribution in [0.5, 0.6) is 5.75 Å². The Labute approximate surface area is 145 Å². The van der Waals surface area contributed by atoms with E-state index in [4.69, 9.17) is 0 Å². The zero-order valence-corrected chi connectivity index (χ0v) is 13.9. The summed E-state index contributed by atoms with van der Waals surface area (Å²) in [6, 6.07) is 12.3. The number of nitrogens with one attached hydrogen (secondary N) is 3. The van der Waals surface area contributed by atoms with Gasteiger partial charge in [0.25, 0.3) is 0 Å². The van der Waals surface area contributed by atoms with E-state index in [1.165, 1.54) is 24.3 Å². The minimum absolute atomic E-state index is 0.0378. The van der Waals surface area contributed by atoms with E-state index >= 15 is 0 Å². The van der Waals surface area contributed by atoms with E-state index < -0.39 is 0 Å². The molecule has 0 bridgehead atoms. The maximum absolute atomic E-state index is 12.9. The average molecular weight is 344 g/mol. The molecule has 7 heteroatoms. The SMILES string of the molecule is CCNC(=NCc1ccc(F)cc1)NCC(=O)Nc1ccc(O)cc1. The summed E-state index contributed by atoms with van der Waals surface area (Å²) in [6.07, 6.45) is 0. The number of hydrogen-bond acceptors (Lipinski definition) is 3. The van der Waals surface area contributed by atoms with Gasteiger partial charge in [-0.2, -0.15) is 0 Å². The lowest BCUT2D eigenvalue weighted by atomic mass is 10.2. The van der Waals surface area contributed by atoms with Crippen LogP contribution in [0.1, 0.15) is 12.5 Å². The Bertz CT molecular complexity index is 715. The number of aliphatic imine (C=N–C) groups is 1. The first kappa shape index (κ1) is 18.3. The third kappa shape index (κ3) is 6.50. The molecule has 0 atom stereocenters. The fourth-order valence-electron chi connectivity index (χ4n) is 2.02. The van der Waals surface area contributed by atoms with Crippen molar-refractivity contribution in [3.8, 4) is 5.75 Å². The van der Waals surface area contributed by atoms with Crippen LogP contribution in [0, 0.1) is 5.82 Å². The van der Waals surface area contributed by atoms with Crippen molar-refractivity contribution in [1.82, 2.24) is 10.6 Å². The number of nitrogens with zero attached hydrogens (tertiary/aromatic N) is 1. The molecule has 6 nitrogen and oxygen atoms in total. The second kappa shape index (κ2) is 9.27. The number of rotatable bonds is 6. The molecule has 0 aromatic heterocycles. The first-order valence-electron chi connectivity index (χ1n) is 7.92. The molecule has 25 heavy (non-hydrogen) atoms. The zero-order valence-electron chi connectivity index (χ0n) is 13.9. The topological polar surface area (TPSA) is 85.8 Å². The number of phenols is 1. The number of hydrogen-bond donors (Lipinski definition) is 4. The van der Waals surface area contributed by atoms with Crippen molar-refractivity contribution in [3.05, 3.63) is 59.9 Å². The molecule has 0 aliphatic carbocycles. The second-order valence-corrected chi connectivity index (χ2v) is 5.27. The first-order valence-corrected chi connectivity index (χ1v) is 7.92. The predicted octanol–water partition coefficient (Wildman–Crippen LogP) is 2.23. The summed E-state index contributed by atoms with van der Waals surface area (Å²) in [5.74, 6) is 0.105. The van der Waals surface area contributed by atoms with Gasteiger partial charge in [-0.3, -0.25) is 4.79 Å². The monoisotopic (exact) mass is 344 g/mol. The van der Waals surface area contributed by atoms with Gasteiger partial charge in [0.05, 0.1) is 13.1 Å². The highest BCUT2D eigenvalue weighted by Crippen LogP contribution is 2.13. The Morgan fingerprint density at radius 1 is 1.08 bits per heavy atom. The quantitative estimate of drug-likeness (QED) is 0.368. The maximum atomic E-state index is 12.9. The van der Waals surface area contributed by atoms with Crippen molar-refractivity contribution in [2.24, 2.45) is 4.99 Å². The third-order valence-corrected chi connectivity index (χ3v) is 3.24. The molecule has 2 aromatic carbocycles. The maximum Gasteiger partial charge on any atom is 0.243 e. The number of carbonyl (C=O) groups excluding carboxylic acids is 1. The van der Waals surface area contributed by atoms with Gasteiger partial charge < -0.3 is 21.1 Å². The molecule has 2 aromatic rings. The molecule has 2 rings (SSSR count). The molecular formula is C18H21FN4O2. The third-order valence-electron chi connectivity index (χ3n) is 3.24. The van der Waals surface area contributed by atoms with Crippen molar-refractivity contribution >= 4 is 17.6 Å². The van der Waals surface area contributed by atoms with E-state index in [9.17, 15) is 14.3 Å². The summed E-state index contributed by atoms with van der Waals surface area (Å²) in [5.41, 5.74) is 1.46. The number of guanidine groups is 1. The average Bonchev–Trinajstić information content (AvgIpc) is 2.61. The van der Waals surface area contributed by atoms with Gasteiger partial charge >= 0.3 is 0 Å². The van der Waals surface area contributed by atoms with Crippen LogP contribution in [0.2, 0.25) is 0 Å². The molecule has 0 saturated heterocycles. The lowest BCUT2D eigenvalue weighted by Crippen LogP contribution is -2.41. The van der Waals surface area contributed by atoms with Crippen LogP contribution in [-0.2, 0) is 11.3 Å². The molecule has 0 unspecified atom stereocenters. The van der Waals surface area contributed by atoms with E-state index in [2.05, 4.69) is 20.9 Å². The van der Waals surface area contributed by atoms with E-state index in [0.717, 1.165) is 5.56 Å². The summed E-state index contributed by atoms with van der Waals surface area (Å²) < 4.78 is 12.9.